The molecule has 1 heterocycles. The Bertz CT molecular complexity index is 850. The van der Waals surface area contributed by atoms with Crippen molar-refractivity contribution >= 4 is 17.6 Å². The lowest BCUT2D eigenvalue weighted by atomic mass is 10.1. The van der Waals surface area contributed by atoms with Crippen LogP contribution >= 0.6 is 0 Å². The van der Waals surface area contributed by atoms with Gasteiger partial charge in [-0.3, -0.25) is 9.48 Å². The van der Waals surface area contributed by atoms with Crippen molar-refractivity contribution in [2.45, 2.75) is 59.1 Å². The molecule has 170 valence electrons. The van der Waals surface area contributed by atoms with Gasteiger partial charge in [0.15, 0.2) is 5.96 Å². The number of rotatable bonds is 9. The second kappa shape index (κ2) is 11.4. The molecule has 0 spiro atoms. The molecule has 0 unspecified atom stereocenters. The lowest BCUT2D eigenvalue weighted by Gasteiger charge is -2.20. The van der Waals surface area contributed by atoms with Gasteiger partial charge >= 0.3 is 0 Å². The summed E-state index contributed by atoms with van der Waals surface area (Å²) in [5.74, 6) is 1.26. The minimum atomic E-state index is -0.288. The number of hydrogen-bond acceptors (Lipinski definition) is 4. The van der Waals surface area contributed by atoms with Crippen LogP contribution in [0.5, 0.6) is 5.75 Å². The Morgan fingerprint density at radius 1 is 1.23 bits per heavy atom. The third kappa shape index (κ3) is 10.0. The van der Waals surface area contributed by atoms with Gasteiger partial charge in [0.1, 0.15) is 12.3 Å². The molecule has 0 radical (unpaired) electrons. The smallest absolute Gasteiger partial charge is 0.242 e. The summed E-state index contributed by atoms with van der Waals surface area (Å²) in [6.45, 7) is 10.6. The predicted octanol–water partition coefficient (Wildman–Crippen LogP) is 3.11. The molecule has 2 rings (SSSR count). The van der Waals surface area contributed by atoms with Crippen molar-refractivity contribution in [1.82, 2.24) is 20.4 Å². The minimum absolute atomic E-state index is 0.0454. The number of aliphatic imine (C=N–C) groups is 1. The van der Waals surface area contributed by atoms with Crippen LogP contribution in [0.15, 0.2) is 41.7 Å². The molecular weight excluding hydrogens is 392 g/mol. The Labute approximate surface area is 185 Å². The first-order chi connectivity index (χ1) is 14.6. The molecule has 1 aromatic heterocycles. The molecule has 0 saturated heterocycles. The summed E-state index contributed by atoms with van der Waals surface area (Å²) in [7, 11) is 1.91. The van der Waals surface area contributed by atoms with E-state index in [4.69, 9.17) is 4.74 Å². The van der Waals surface area contributed by atoms with E-state index in [1.54, 1.807) is 4.68 Å². The molecule has 0 saturated carbocycles. The monoisotopic (exact) mass is 428 g/mol. The van der Waals surface area contributed by atoms with Gasteiger partial charge in [-0.15, -0.1) is 0 Å². The van der Waals surface area contributed by atoms with E-state index in [9.17, 15) is 4.79 Å². The van der Waals surface area contributed by atoms with Gasteiger partial charge in [0, 0.05) is 31.0 Å². The number of aryl methyl sites for hydroxylation is 2. The molecule has 1 aromatic carbocycles. The average molecular weight is 429 g/mol. The van der Waals surface area contributed by atoms with Crippen LogP contribution in [0.1, 0.15) is 46.6 Å². The minimum Gasteiger partial charge on any atom is -0.491 e. The normalized spacial score (nSPS) is 12.0. The largest absolute Gasteiger partial charge is 0.491 e. The summed E-state index contributed by atoms with van der Waals surface area (Å²) in [5.41, 5.74) is 1.77. The SMILES string of the molecule is CC(C)Oc1ccc(NC(=NCC(=O)NC(C)(C)C)NCCCc2cnn(C)c2)cc1. The number of aromatic nitrogens is 2. The number of amides is 1. The van der Waals surface area contributed by atoms with Gasteiger partial charge in [-0.05, 0) is 77.3 Å². The van der Waals surface area contributed by atoms with Crippen molar-refractivity contribution < 1.29 is 9.53 Å². The lowest BCUT2D eigenvalue weighted by molar-refractivity contribution is -0.121. The molecule has 31 heavy (non-hydrogen) atoms. The molecule has 2 aromatic rings. The van der Waals surface area contributed by atoms with E-state index in [0.717, 1.165) is 30.8 Å². The maximum Gasteiger partial charge on any atom is 0.242 e. The Balaban J connectivity index is 1.96. The van der Waals surface area contributed by atoms with Crippen molar-refractivity contribution in [3.8, 4) is 5.75 Å². The van der Waals surface area contributed by atoms with Crippen LogP contribution < -0.4 is 20.7 Å². The zero-order valence-electron chi connectivity index (χ0n) is 19.5. The molecule has 0 aliphatic carbocycles. The van der Waals surface area contributed by atoms with Crippen molar-refractivity contribution in [2.75, 3.05) is 18.4 Å². The molecule has 0 aliphatic rings. The third-order valence-corrected chi connectivity index (χ3v) is 4.08. The summed E-state index contributed by atoms with van der Waals surface area (Å²) >= 11 is 0. The molecule has 0 aliphatic heterocycles. The number of anilines is 1. The van der Waals surface area contributed by atoms with Gasteiger partial charge in [-0.2, -0.15) is 5.10 Å². The van der Waals surface area contributed by atoms with Gasteiger partial charge in [-0.25, -0.2) is 4.99 Å². The molecule has 1 amide bonds. The van der Waals surface area contributed by atoms with Crippen molar-refractivity contribution in [3.05, 3.63) is 42.2 Å². The highest BCUT2D eigenvalue weighted by Gasteiger charge is 2.13. The van der Waals surface area contributed by atoms with Gasteiger partial charge in [-0.1, -0.05) is 0 Å². The first-order valence-corrected chi connectivity index (χ1v) is 10.7. The summed E-state index contributed by atoms with van der Waals surface area (Å²) in [6.07, 6.45) is 5.86. The number of nitrogens with one attached hydrogen (secondary N) is 3. The van der Waals surface area contributed by atoms with Crippen LogP contribution in [0.2, 0.25) is 0 Å². The van der Waals surface area contributed by atoms with Crippen LogP contribution in [-0.2, 0) is 18.3 Å². The standard InChI is InChI=1S/C23H36N6O2/c1-17(2)31-20-11-9-19(10-12-20)27-22(25-15-21(30)28-23(3,4)5)24-13-7-8-18-14-26-29(6)16-18/h9-12,14,16-17H,7-8,13,15H2,1-6H3,(H,28,30)(H2,24,25,27). The Morgan fingerprint density at radius 3 is 2.52 bits per heavy atom. The highest BCUT2D eigenvalue weighted by atomic mass is 16.5. The number of nitrogens with zero attached hydrogens (tertiary/aromatic N) is 3. The molecule has 8 heteroatoms. The van der Waals surface area contributed by atoms with E-state index < -0.39 is 0 Å². The fourth-order valence-corrected chi connectivity index (χ4v) is 2.87. The van der Waals surface area contributed by atoms with Crippen LogP contribution in [0.4, 0.5) is 5.69 Å². The topological polar surface area (TPSA) is 92.6 Å². The molecule has 8 nitrogen and oxygen atoms in total. The zero-order chi connectivity index (χ0) is 22.9. The van der Waals surface area contributed by atoms with Crippen molar-refractivity contribution in [1.29, 1.82) is 0 Å². The number of benzene rings is 1. The Hall–Kier alpha value is -3.03. The molecule has 3 N–H and O–H groups in total. The maximum atomic E-state index is 12.2. The number of ether oxygens (including phenoxy) is 1. The maximum absolute atomic E-state index is 12.2. The first-order valence-electron chi connectivity index (χ1n) is 10.7. The molecule has 0 fully saturated rings. The van der Waals surface area contributed by atoms with Crippen LogP contribution in [0.25, 0.3) is 0 Å². The first kappa shape index (κ1) is 24.2. The quantitative estimate of drug-likeness (QED) is 0.324. The zero-order valence-corrected chi connectivity index (χ0v) is 19.5. The second-order valence-electron chi connectivity index (χ2n) is 8.83. The molecule has 0 atom stereocenters. The van der Waals surface area contributed by atoms with E-state index in [1.807, 2.05) is 78.3 Å². The summed E-state index contributed by atoms with van der Waals surface area (Å²) in [6, 6.07) is 7.68. The number of carbonyl (C=O) groups excluding carboxylic acids is 1. The predicted molar refractivity (Wildman–Crippen MR) is 126 cm³/mol. The fraction of sp³-hybridized carbons (Fsp3) is 0.522. The fourth-order valence-electron chi connectivity index (χ4n) is 2.87. The average Bonchev–Trinajstić information content (AvgIpc) is 3.08. The second-order valence-corrected chi connectivity index (χ2v) is 8.83. The van der Waals surface area contributed by atoms with Crippen LogP contribution in [0.3, 0.4) is 0 Å². The van der Waals surface area contributed by atoms with Crippen molar-refractivity contribution in [3.63, 3.8) is 0 Å². The van der Waals surface area contributed by atoms with Gasteiger partial charge in [0.25, 0.3) is 0 Å². The van der Waals surface area contributed by atoms with Crippen LogP contribution in [-0.4, -0.2) is 46.4 Å². The Morgan fingerprint density at radius 2 is 1.94 bits per heavy atom. The number of carbonyl (C=O) groups is 1. The summed E-state index contributed by atoms with van der Waals surface area (Å²) < 4.78 is 7.49. The van der Waals surface area contributed by atoms with E-state index in [1.165, 1.54) is 5.56 Å². The van der Waals surface area contributed by atoms with Gasteiger partial charge in [0.05, 0.1) is 12.3 Å². The molecular formula is C23H36N6O2. The lowest BCUT2D eigenvalue weighted by Crippen LogP contribution is -2.42. The van der Waals surface area contributed by atoms with Gasteiger partial charge in [0.2, 0.25) is 5.91 Å². The number of hydrogen-bond donors (Lipinski definition) is 3. The molecule has 0 bridgehead atoms. The highest BCUT2D eigenvalue weighted by Crippen LogP contribution is 2.16. The van der Waals surface area contributed by atoms with Crippen LogP contribution in [0, 0.1) is 0 Å². The van der Waals surface area contributed by atoms with E-state index in [2.05, 4.69) is 26.0 Å². The van der Waals surface area contributed by atoms with E-state index in [0.29, 0.717) is 5.96 Å². The van der Waals surface area contributed by atoms with Crippen molar-refractivity contribution in [2.24, 2.45) is 12.0 Å². The highest BCUT2D eigenvalue weighted by molar-refractivity contribution is 5.95. The van der Waals surface area contributed by atoms with E-state index >= 15 is 0 Å². The summed E-state index contributed by atoms with van der Waals surface area (Å²) in [5, 5.41) is 13.7. The van der Waals surface area contributed by atoms with E-state index in [-0.39, 0.29) is 24.1 Å². The Kier molecular flexibility index (Phi) is 8.90. The third-order valence-electron chi connectivity index (χ3n) is 4.08. The summed E-state index contributed by atoms with van der Waals surface area (Å²) in [4.78, 5) is 16.6. The number of guanidine groups is 1. The van der Waals surface area contributed by atoms with Gasteiger partial charge < -0.3 is 20.7 Å².